The molecule has 1 aromatic carbocycles. The SMILES string of the molecule is N#[N+]Nc1cccc(F)c1. The zero-order chi connectivity index (χ0) is 7.40. The minimum absolute atomic E-state index is 0.367. The monoisotopic (exact) mass is 138 g/mol. The van der Waals surface area contributed by atoms with Gasteiger partial charge in [0.25, 0.3) is 5.39 Å². The normalized spacial score (nSPS) is 8.40. The van der Waals surface area contributed by atoms with Crippen molar-refractivity contribution in [3.8, 4) is 0 Å². The summed E-state index contributed by atoms with van der Waals surface area (Å²) in [5.41, 5.74) is 2.61. The fourth-order valence-electron chi connectivity index (χ4n) is 0.616. The second-order valence-corrected chi connectivity index (χ2v) is 1.72. The van der Waals surface area contributed by atoms with Crippen molar-refractivity contribution in [3.63, 3.8) is 0 Å². The molecule has 3 nitrogen and oxygen atoms in total. The highest BCUT2D eigenvalue weighted by Crippen LogP contribution is 2.07. The van der Waals surface area contributed by atoms with Crippen molar-refractivity contribution in [2.75, 3.05) is 5.43 Å². The summed E-state index contributed by atoms with van der Waals surface area (Å²) in [6.45, 7) is 0. The van der Waals surface area contributed by atoms with Gasteiger partial charge in [-0.3, -0.25) is 0 Å². The highest BCUT2D eigenvalue weighted by Gasteiger charge is 1.96. The molecule has 0 atom stereocenters. The fourth-order valence-corrected chi connectivity index (χ4v) is 0.616. The van der Waals surface area contributed by atoms with E-state index in [-0.39, 0.29) is 5.82 Å². The molecule has 0 fully saturated rings. The van der Waals surface area contributed by atoms with E-state index in [0.717, 1.165) is 0 Å². The van der Waals surface area contributed by atoms with Crippen LogP contribution in [0.2, 0.25) is 0 Å². The zero-order valence-electron chi connectivity index (χ0n) is 5.08. The van der Waals surface area contributed by atoms with E-state index in [1.807, 2.05) is 0 Å². The third-order valence-electron chi connectivity index (χ3n) is 1.00. The van der Waals surface area contributed by atoms with E-state index in [1.54, 1.807) is 6.07 Å². The minimum Gasteiger partial charge on any atom is -0.207 e. The Morgan fingerprint density at radius 1 is 1.50 bits per heavy atom. The van der Waals surface area contributed by atoms with E-state index >= 15 is 0 Å². The number of benzene rings is 1. The molecule has 1 N–H and O–H groups in total. The number of nitrogens with one attached hydrogen (secondary N) is 1. The van der Waals surface area contributed by atoms with Gasteiger partial charge in [-0.1, -0.05) is 6.07 Å². The Morgan fingerprint density at radius 3 is 2.90 bits per heavy atom. The third-order valence-corrected chi connectivity index (χ3v) is 1.00. The molecule has 0 unspecified atom stereocenters. The maximum Gasteiger partial charge on any atom is 0.308 e. The van der Waals surface area contributed by atoms with Gasteiger partial charge in [-0.15, -0.1) is 0 Å². The van der Waals surface area contributed by atoms with Crippen LogP contribution in [0.25, 0.3) is 5.08 Å². The van der Waals surface area contributed by atoms with Crippen molar-refractivity contribution < 1.29 is 4.39 Å². The van der Waals surface area contributed by atoms with Gasteiger partial charge in [0.15, 0.2) is 0 Å². The number of rotatable bonds is 1. The number of anilines is 1. The van der Waals surface area contributed by atoms with Gasteiger partial charge in [-0.2, -0.15) is 0 Å². The van der Waals surface area contributed by atoms with Crippen molar-refractivity contribution in [3.05, 3.63) is 35.2 Å². The number of hydrogen-bond acceptors (Lipinski definition) is 2. The van der Waals surface area contributed by atoms with E-state index in [2.05, 4.69) is 10.5 Å². The van der Waals surface area contributed by atoms with Crippen LogP contribution in [0.3, 0.4) is 0 Å². The van der Waals surface area contributed by atoms with Crippen LogP contribution >= 0.6 is 0 Å². The molecule has 0 radical (unpaired) electrons. The molecular weight excluding hydrogens is 133 g/mol. The Morgan fingerprint density at radius 2 is 2.30 bits per heavy atom. The molecule has 0 bridgehead atoms. The Labute approximate surface area is 57.1 Å². The molecule has 0 amide bonds. The Balaban J connectivity index is 2.87. The molecule has 1 rings (SSSR count). The van der Waals surface area contributed by atoms with Crippen LogP contribution in [0.1, 0.15) is 0 Å². The summed E-state index contributed by atoms with van der Waals surface area (Å²) < 4.78 is 12.3. The largest absolute Gasteiger partial charge is 0.308 e. The summed E-state index contributed by atoms with van der Waals surface area (Å²) in [6, 6.07) is 5.63. The van der Waals surface area contributed by atoms with Gasteiger partial charge in [0.2, 0.25) is 0 Å². The van der Waals surface area contributed by atoms with Gasteiger partial charge < -0.3 is 0 Å². The van der Waals surface area contributed by atoms with Gasteiger partial charge in [-0.05, 0) is 17.6 Å². The van der Waals surface area contributed by atoms with Crippen LogP contribution in [-0.2, 0) is 0 Å². The smallest absolute Gasteiger partial charge is 0.207 e. The first-order valence-electron chi connectivity index (χ1n) is 2.68. The lowest BCUT2D eigenvalue weighted by Gasteiger charge is -1.87. The minimum atomic E-state index is -0.367. The average molecular weight is 138 g/mol. The topological polar surface area (TPSA) is 40.2 Å². The van der Waals surface area contributed by atoms with Crippen LogP contribution in [0.15, 0.2) is 24.3 Å². The highest BCUT2D eigenvalue weighted by atomic mass is 19.1. The van der Waals surface area contributed by atoms with Crippen LogP contribution in [-0.4, -0.2) is 0 Å². The molecule has 0 aliphatic heterocycles. The summed E-state index contributed by atoms with van der Waals surface area (Å²) in [7, 11) is 0. The second kappa shape index (κ2) is 2.78. The predicted octanol–water partition coefficient (Wildman–Crippen LogP) is 2.01. The van der Waals surface area contributed by atoms with Crippen molar-refractivity contribution in [1.82, 2.24) is 0 Å². The summed E-state index contributed by atoms with van der Waals surface area (Å²) >= 11 is 0. The summed E-state index contributed by atoms with van der Waals surface area (Å²) in [4.78, 5) is 0. The predicted molar refractivity (Wildman–Crippen MR) is 35.1 cm³/mol. The average Bonchev–Trinajstić information content (AvgIpc) is 1.88. The molecule has 0 aliphatic rings. The zero-order valence-corrected chi connectivity index (χ0v) is 5.08. The fraction of sp³-hybridized carbons (Fsp3) is 0. The standard InChI is InChI=1S/C6H5FN3/c7-5-2-1-3-6(4-5)9-10-8/h1-4,9H/q+1. The Bertz CT molecular complexity index is 266. The molecule has 0 aromatic heterocycles. The lowest BCUT2D eigenvalue weighted by Crippen LogP contribution is -1.83. The van der Waals surface area contributed by atoms with E-state index in [4.69, 9.17) is 5.39 Å². The first-order valence-corrected chi connectivity index (χ1v) is 2.68. The van der Waals surface area contributed by atoms with Gasteiger partial charge in [0, 0.05) is 6.07 Å². The second-order valence-electron chi connectivity index (χ2n) is 1.72. The van der Waals surface area contributed by atoms with Gasteiger partial charge in [0.1, 0.15) is 11.5 Å². The van der Waals surface area contributed by atoms with Crippen molar-refractivity contribution >= 4 is 5.69 Å². The van der Waals surface area contributed by atoms with Crippen molar-refractivity contribution in [2.45, 2.75) is 0 Å². The molecule has 1 aromatic rings. The lowest BCUT2D eigenvalue weighted by molar-refractivity contribution is 0.628. The molecule has 0 spiro atoms. The van der Waals surface area contributed by atoms with Crippen molar-refractivity contribution in [2.24, 2.45) is 0 Å². The van der Waals surface area contributed by atoms with Crippen LogP contribution in [0.4, 0.5) is 10.1 Å². The number of diazo groups is 1. The quantitative estimate of drug-likeness (QED) is 0.476. The first kappa shape index (κ1) is 6.49. The maximum atomic E-state index is 12.3. The van der Waals surface area contributed by atoms with E-state index < -0.39 is 0 Å². The van der Waals surface area contributed by atoms with E-state index in [1.165, 1.54) is 18.2 Å². The highest BCUT2D eigenvalue weighted by molar-refractivity contribution is 5.43. The molecular formula is C6H5FN3+. The molecule has 10 heavy (non-hydrogen) atoms. The molecule has 0 saturated carbocycles. The summed E-state index contributed by atoms with van der Waals surface area (Å²) in [5.74, 6) is -0.367. The van der Waals surface area contributed by atoms with Crippen LogP contribution in [0.5, 0.6) is 0 Å². The maximum absolute atomic E-state index is 12.3. The number of hydrogen-bond donors (Lipinski definition) is 1. The number of halogens is 1. The Kier molecular flexibility index (Phi) is 1.80. The number of nitrogens with zero attached hydrogens (tertiary/aromatic N) is 2. The first-order chi connectivity index (χ1) is 4.83. The Hall–Kier alpha value is -1.63. The lowest BCUT2D eigenvalue weighted by atomic mass is 10.3. The molecule has 4 heteroatoms. The van der Waals surface area contributed by atoms with Gasteiger partial charge >= 0.3 is 5.08 Å². The van der Waals surface area contributed by atoms with E-state index in [0.29, 0.717) is 5.69 Å². The summed E-state index contributed by atoms with van der Waals surface area (Å²) in [5, 5.41) is 10.6. The van der Waals surface area contributed by atoms with Crippen LogP contribution < -0.4 is 5.43 Å². The van der Waals surface area contributed by atoms with Crippen LogP contribution in [0, 0.1) is 11.2 Å². The van der Waals surface area contributed by atoms with E-state index in [9.17, 15) is 4.39 Å². The molecule has 0 saturated heterocycles. The van der Waals surface area contributed by atoms with Gasteiger partial charge in [-0.25, -0.2) is 4.39 Å². The van der Waals surface area contributed by atoms with Gasteiger partial charge in [0.05, 0.1) is 0 Å². The third kappa shape index (κ3) is 1.42. The molecule has 0 aliphatic carbocycles. The van der Waals surface area contributed by atoms with Crippen molar-refractivity contribution in [1.29, 1.82) is 5.39 Å². The molecule has 0 heterocycles. The summed E-state index contributed by atoms with van der Waals surface area (Å²) in [6.07, 6.45) is 0. The molecule has 50 valence electrons.